The van der Waals surface area contributed by atoms with E-state index in [0.717, 1.165) is 5.56 Å². The topological polar surface area (TPSA) is 75.6 Å². The molecule has 1 heterocycles. The molecule has 2 rings (SSSR count). The Labute approximate surface area is 134 Å². The molecule has 0 aromatic heterocycles. The van der Waals surface area contributed by atoms with Gasteiger partial charge in [0.1, 0.15) is 0 Å². The Balaban J connectivity index is 2.01. The van der Waals surface area contributed by atoms with Crippen molar-refractivity contribution >= 4 is 23.5 Å². The average Bonchev–Trinajstić information content (AvgIpc) is 2.50. The summed E-state index contributed by atoms with van der Waals surface area (Å²) in [5.74, 6) is -1.73. The lowest BCUT2D eigenvalue weighted by Crippen LogP contribution is -2.39. The van der Waals surface area contributed by atoms with Crippen LogP contribution >= 0.6 is 11.6 Å². The highest BCUT2D eigenvalue weighted by Gasteiger charge is 2.30. The quantitative estimate of drug-likeness (QED) is 0.872. The third kappa shape index (κ3) is 4.21. The molecule has 1 aliphatic rings. The van der Waals surface area contributed by atoms with Crippen molar-refractivity contribution in [2.75, 3.05) is 19.8 Å². The maximum atomic E-state index is 12.2. The first-order valence-corrected chi connectivity index (χ1v) is 7.71. The Bertz CT molecular complexity index is 555. The summed E-state index contributed by atoms with van der Waals surface area (Å²) in [7, 11) is 0. The van der Waals surface area contributed by atoms with Crippen molar-refractivity contribution in [3.8, 4) is 0 Å². The van der Waals surface area contributed by atoms with Crippen LogP contribution in [0.25, 0.3) is 0 Å². The number of carbonyl (C=O) groups is 2. The minimum absolute atomic E-state index is 0.0343. The number of carboxylic acid groups (broad SMARTS) is 1. The van der Waals surface area contributed by atoms with Gasteiger partial charge in [-0.1, -0.05) is 17.7 Å². The number of aryl methyl sites for hydroxylation is 1. The summed E-state index contributed by atoms with van der Waals surface area (Å²) in [6.07, 6.45) is 1.42. The fraction of sp³-hybridized carbons (Fsp3) is 0.500. The fourth-order valence-corrected chi connectivity index (χ4v) is 2.88. The van der Waals surface area contributed by atoms with E-state index < -0.39 is 11.9 Å². The van der Waals surface area contributed by atoms with E-state index in [-0.39, 0.29) is 18.4 Å². The van der Waals surface area contributed by atoms with Crippen LogP contribution in [0.1, 0.15) is 28.8 Å². The van der Waals surface area contributed by atoms with Crippen molar-refractivity contribution in [1.29, 1.82) is 0 Å². The van der Waals surface area contributed by atoms with E-state index in [0.29, 0.717) is 36.6 Å². The SMILES string of the molecule is Cc1ccc(Cl)cc1C(=O)NCC(C(=O)O)C1CCOCC1. The smallest absolute Gasteiger partial charge is 0.308 e. The fourth-order valence-electron chi connectivity index (χ4n) is 2.71. The second kappa shape index (κ2) is 7.61. The summed E-state index contributed by atoms with van der Waals surface area (Å²) in [6.45, 7) is 3.09. The molecular weight excluding hydrogens is 306 g/mol. The number of hydrogen-bond acceptors (Lipinski definition) is 3. The molecular formula is C16H20ClNO4. The van der Waals surface area contributed by atoms with Gasteiger partial charge in [-0.15, -0.1) is 0 Å². The highest BCUT2D eigenvalue weighted by atomic mass is 35.5. The van der Waals surface area contributed by atoms with Crippen LogP contribution < -0.4 is 5.32 Å². The number of aliphatic carboxylic acids is 1. The van der Waals surface area contributed by atoms with Crippen LogP contribution in [0.5, 0.6) is 0 Å². The van der Waals surface area contributed by atoms with Gasteiger partial charge in [0.15, 0.2) is 0 Å². The van der Waals surface area contributed by atoms with Gasteiger partial charge < -0.3 is 15.2 Å². The van der Waals surface area contributed by atoms with E-state index in [1.807, 2.05) is 6.92 Å². The predicted octanol–water partition coefficient (Wildman–Crippen LogP) is 2.51. The molecule has 0 radical (unpaired) electrons. The zero-order valence-corrected chi connectivity index (χ0v) is 13.2. The molecule has 1 saturated heterocycles. The average molecular weight is 326 g/mol. The molecule has 2 N–H and O–H groups in total. The molecule has 6 heteroatoms. The van der Waals surface area contributed by atoms with Crippen molar-refractivity contribution in [1.82, 2.24) is 5.32 Å². The van der Waals surface area contributed by atoms with Gasteiger partial charge in [0.05, 0.1) is 5.92 Å². The molecule has 0 aliphatic carbocycles. The number of hydrogen-bond donors (Lipinski definition) is 2. The Morgan fingerprint density at radius 1 is 1.41 bits per heavy atom. The standard InChI is InChI=1S/C16H20ClNO4/c1-10-2-3-12(17)8-13(10)15(19)18-9-14(16(20)21)11-4-6-22-7-5-11/h2-3,8,11,14H,4-7,9H2,1H3,(H,18,19)(H,20,21). The number of nitrogens with one attached hydrogen (secondary N) is 1. The number of ether oxygens (including phenoxy) is 1. The first-order valence-electron chi connectivity index (χ1n) is 7.34. The molecule has 5 nitrogen and oxygen atoms in total. The molecule has 1 fully saturated rings. The molecule has 1 amide bonds. The largest absolute Gasteiger partial charge is 0.481 e. The van der Waals surface area contributed by atoms with Crippen LogP contribution in [0.4, 0.5) is 0 Å². The van der Waals surface area contributed by atoms with Crippen LogP contribution in [0.2, 0.25) is 5.02 Å². The van der Waals surface area contributed by atoms with Crippen LogP contribution in [0.15, 0.2) is 18.2 Å². The summed E-state index contributed by atoms with van der Waals surface area (Å²) in [5, 5.41) is 12.6. The second-order valence-corrected chi connectivity index (χ2v) is 6.00. The van der Waals surface area contributed by atoms with E-state index >= 15 is 0 Å². The Hall–Kier alpha value is -1.59. The van der Waals surface area contributed by atoms with E-state index in [1.165, 1.54) is 0 Å². The summed E-state index contributed by atoms with van der Waals surface area (Å²) in [4.78, 5) is 23.7. The lowest BCUT2D eigenvalue weighted by atomic mass is 9.86. The highest BCUT2D eigenvalue weighted by Crippen LogP contribution is 2.24. The van der Waals surface area contributed by atoms with Gasteiger partial charge in [0, 0.05) is 30.3 Å². The molecule has 0 bridgehead atoms. The minimum Gasteiger partial charge on any atom is -0.481 e. The van der Waals surface area contributed by atoms with E-state index in [4.69, 9.17) is 16.3 Å². The summed E-state index contributed by atoms with van der Waals surface area (Å²) in [6, 6.07) is 5.08. The van der Waals surface area contributed by atoms with Crippen LogP contribution in [-0.4, -0.2) is 36.7 Å². The van der Waals surface area contributed by atoms with Gasteiger partial charge in [0.2, 0.25) is 0 Å². The Kier molecular flexibility index (Phi) is 5.80. The van der Waals surface area contributed by atoms with Gasteiger partial charge in [-0.3, -0.25) is 9.59 Å². The number of amides is 1. The first kappa shape index (κ1) is 16.8. The predicted molar refractivity (Wildman–Crippen MR) is 83.2 cm³/mol. The minimum atomic E-state index is -0.880. The normalized spacial score (nSPS) is 17.0. The summed E-state index contributed by atoms with van der Waals surface area (Å²) < 4.78 is 5.26. The molecule has 1 aromatic carbocycles. The number of halogens is 1. The van der Waals surface area contributed by atoms with E-state index in [2.05, 4.69) is 5.32 Å². The van der Waals surface area contributed by atoms with Crippen molar-refractivity contribution in [2.45, 2.75) is 19.8 Å². The van der Waals surface area contributed by atoms with Crippen molar-refractivity contribution in [3.63, 3.8) is 0 Å². The molecule has 1 unspecified atom stereocenters. The number of carboxylic acids is 1. The first-order chi connectivity index (χ1) is 10.5. The number of carbonyl (C=O) groups excluding carboxylic acids is 1. The van der Waals surface area contributed by atoms with Crippen molar-refractivity contribution in [3.05, 3.63) is 34.3 Å². The van der Waals surface area contributed by atoms with Gasteiger partial charge >= 0.3 is 5.97 Å². The molecule has 0 saturated carbocycles. The van der Waals surface area contributed by atoms with Gasteiger partial charge in [0.25, 0.3) is 5.91 Å². The number of rotatable bonds is 5. The third-order valence-corrected chi connectivity index (χ3v) is 4.31. The van der Waals surface area contributed by atoms with E-state index in [1.54, 1.807) is 18.2 Å². The molecule has 1 aromatic rings. The highest BCUT2D eigenvalue weighted by molar-refractivity contribution is 6.31. The Morgan fingerprint density at radius 3 is 2.73 bits per heavy atom. The monoisotopic (exact) mass is 325 g/mol. The van der Waals surface area contributed by atoms with Crippen molar-refractivity contribution in [2.24, 2.45) is 11.8 Å². The van der Waals surface area contributed by atoms with Gasteiger partial charge in [-0.05, 0) is 43.4 Å². The maximum absolute atomic E-state index is 12.2. The van der Waals surface area contributed by atoms with Gasteiger partial charge in [-0.25, -0.2) is 0 Å². The number of benzene rings is 1. The van der Waals surface area contributed by atoms with Crippen LogP contribution in [0.3, 0.4) is 0 Å². The molecule has 22 heavy (non-hydrogen) atoms. The molecule has 1 aliphatic heterocycles. The molecule has 1 atom stereocenters. The second-order valence-electron chi connectivity index (χ2n) is 5.56. The van der Waals surface area contributed by atoms with Crippen LogP contribution in [0, 0.1) is 18.8 Å². The van der Waals surface area contributed by atoms with Crippen LogP contribution in [-0.2, 0) is 9.53 Å². The van der Waals surface area contributed by atoms with Crippen molar-refractivity contribution < 1.29 is 19.4 Å². The summed E-state index contributed by atoms with van der Waals surface area (Å²) >= 11 is 5.91. The lowest BCUT2D eigenvalue weighted by Gasteiger charge is -2.27. The third-order valence-electron chi connectivity index (χ3n) is 4.08. The summed E-state index contributed by atoms with van der Waals surface area (Å²) in [5.41, 5.74) is 1.28. The van der Waals surface area contributed by atoms with E-state index in [9.17, 15) is 14.7 Å². The lowest BCUT2D eigenvalue weighted by molar-refractivity contribution is -0.144. The zero-order chi connectivity index (χ0) is 16.1. The Morgan fingerprint density at radius 2 is 2.09 bits per heavy atom. The molecule has 120 valence electrons. The molecule has 0 spiro atoms. The maximum Gasteiger partial charge on any atom is 0.308 e. The van der Waals surface area contributed by atoms with Gasteiger partial charge in [-0.2, -0.15) is 0 Å². The zero-order valence-electron chi connectivity index (χ0n) is 12.5.